The van der Waals surface area contributed by atoms with E-state index in [4.69, 9.17) is 4.74 Å². The van der Waals surface area contributed by atoms with E-state index in [0.717, 1.165) is 28.0 Å². The summed E-state index contributed by atoms with van der Waals surface area (Å²) in [5, 5.41) is 12.7. The molecule has 164 valence electrons. The van der Waals surface area contributed by atoms with Crippen LogP contribution in [-0.2, 0) is 5.75 Å². The van der Waals surface area contributed by atoms with Crippen molar-refractivity contribution in [1.82, 2.24) is 20.1 Å². The minimum absolute atomic E-state index is 0.0376. The molecule has 0 fully saturated rings. The van der Waals surface area contributed by atoms with Gasteiger partial charge in [-0.15, -0.1) is 10.2 Å². The first-order chi connectivity index (χ1) is 14.9. The van der Waals surface area contributed by atoms with Crippen LogP contribution in [-0.4, -0.2) is 34.3 Å². The maximum absolute atomic E-state index is 12.7. The Morgan fingerprint density at radius 2 is 1.77 bits per heavy atom. The van der Waals surface area contributed by atoms with Crippen LogP contribution in [0.15, 0.2) is 53.7 Å². The van der Waals surface area contributed by atoms with Crippen LogP contribution in [0.5, 0.6) is 5.75 Å². The van der Waals surface area contributed by atoms with Crippen molar-refractivity contribution < 1.29 is 9.53 Å². The zero-order chi connectivity index (χ0) is 22.4. The Labute approximate surface area is 188 Å². The summed E-state index contributed by atoms with van der Waals surface area (Å²) in [6, 6.07) is 15.6. The van der Waals surface area contributed by atoms with Gasteiger partial charge in [0, 0.05) is 29.5 Å². The molecule has 1 amide bonds. The maximum Gasteiger partial charge on any atom is 0.251 e. The van der Waals surface area contributed by atoms with E-state index < -0.39 is 0 Å². The number of hydrogen-bond donors (Lipinski definition) is 1. The number of carbonyl (C=O) groups excluding carboxylic acids is 1. The fraction of sp³-hybridized carbons (Fsp3) is 0.375. The SMILES string of the molecule is COc1ccc(-n2c(SCc3ccccc3C(=O)NCC(C)C)nnc2C(C)C)cc1. The molecule has 0 spiro atoms. The van der Waals surface area contributed by atoms with Crippen LogP contribution in [0.2, 0.25) is 0 Å². The number of aromatic nitrogens is 3. The molecule has 0 aliphatic rings. The average Bonchev–Trinajstić information content (AvgIpc) is 3.20. The summed E-state index contributed by atoms with van der Waals surface area (Å²) >= 11 is 1.58. The maximum atomic E-state index is 12.7. The first-order valence-corrected chi connectivity index (χ1v) is 11.5. The number of amides is 1. The molecule has 3 aromatic rings. The topological polar surface area (TPSA) is 69.0 Å². The van der Waals surface area contributed by atoms with Crippen LogP contribution in [0.1, 0.15) is 55.4 Å². The normalized spacial score (nSPS) is 11.2. The summed E-state index contributed by atoms with van der Waals surface area (Å²) in [5.74, 6) is 2.91. The highest BCUT2D eigenvalue weighted by atomic mass is 32.2. The molecule has 3 rings (SSSR count). The Bertz CT molecular complexity index is 1010. The zero-order valence-electron chi connectivity index (χ0n) is 18.8. The minimum atomic E-state index is -0.0376. The zero-order valence-corrected chi connectivity index (χ0v) is 19.6. The van der Waals surface area contributed by atoms with Crippen molar-refractivity contribution in [3.8, 4) is 11.4 Å². The Morgan fingerprint density at radius 1 is 1.06 bits per heavy atom. The molecule has 31 heavy (non-hydrogen) atoms. The molecule has 0 aliphatic carbocycles. The number of rotatable bonds is 9. The fourth-order valence-electron chi connectivity index (χ4n) is 3.12. The standard InChI is InChI=1S/C24H30N4O2S/c1-16(2)14-25-23(29)21-9-7-6-8-18(21)15-31-24-27-26-22(17(3)4)28(24)19-10-12-20(30-5)13-11-19/h6-13,16-17H,14-15H2,1-5H3,(H,25,29). The quantitative estimate of drug-likeness (QED) is 0.472. The van der Waals surface area contributed by atoms with Crippen LogP contribution >= 0.6 is 11.8 Å². The van der Waals surface area contributed by atoms with E-state index in [2.05, 4.69) is 47.8 Å². The monoisotopic (exact) mass is 438 g/mol. The van der Waals surface area contributed by atoms with E-state index in [-0.39, 0.29) is 11.8 Å². The Morgan fingerprint density at radius 3 is 2.42 bits per heavy atom. The largest absolute Gasteiger partial charge is 0.497 e. The third-order valence-corrected chi connectivity index (χ3v) is 5.77. The average molecular weight is 439 g/mol. The highest BCUT2D eigenvalue weighted by molar-refractivity contribution is 7.98. The van der Waals surface area contributed by atoms with Crippen molar-refractivity contribution >= 4 is 17.7 Å². The molecule has 1 N–H and O–H groups in total. The van der Waals surface area contributed by atoms with Crippen LogP contribution in [0.4, 0.5) is 0 Å². The molecule has 1 aromatic heterocycles. The van der Waals surface area contributed by atoms with Crippen LogP contribution in [0.3, 0.4) is 0 Å². The second-order valence-electron chi connectivity index (χ2n) is 8.08. The number of benzene rings is 2. The van der Waals surface area contributed by atoms with Gasteiger partial charge < -0.3 is 10.1 Å². The highest BCUT2D eigenvalue weighted by Crippen LogP contribution is 2.29. The molecule has 0 saturated carbocycles. The predicted molar refractivity (Wildman–Crippen MR) is 125 cm³/mol. The number of thioether (sulfide) groups is 1. The number of carbonyl (C=O) groups is 1. The number of ether oxygens (including phenoxy) is 1. The summed E-state index contributed by atoms with van der Waals surface area (Å²) in [6.07, 6.45) is 0. The third kappa shape index (κ3) is 5.67. The van der Waals surface area contributed by atoms with Crippen molar-refractivity contribution in [1.29, 1.82) is 0 Å². The van der Waals surface area contributed by atoms with Gasteiger partial charge in [-0.25, -0.2) is 0 Å². The Hall–Kier alpha value is -2.80. The van der Waals surface area contributed by atoms with Gasteiger partial charge in [0.2, 0.25) is 0 Å². The van der Waals surface area contributed by atoms with Crippen LogP contribution < -0.4 is 10.1 Å². The lowest BCUT2D eigenvalue weighted by Crippen LogP contribution is -2.28. The Balaban J connectivity index is 1.85. The van der Waals surface area contributed by atoms with Gasteiger partial charge in [0.05, 0.1) is 7.11 Å². The highest BCUT2D eigenvalue weighted by Gasteiger charge is 2.18. The van der Waals surface area contributed by atoms with Gasteiger partial charge in [0.25, 0.3) is 5.91 Å². The van der Waals surface area contributed by atoms with Gasteiger partial charge in [-0.3, -0.25) is 9.36 Å². The van der Waals surface area contributed by atoms with Crippen molar-refractivity contribution in [2.24, 2.45) is 5.92 Å². The van der Waals surface area contributed by atoms with Gasteiger partial charge >= 0.3 is 0 Å². The molecule has 1 heterocycles. The molecule has 0 atom stereocenters. The van der Waals surface area contributed by atoms with E-state index in [1.54, 1.807) is 18.9 Å². The van der Waals surface area contributed by atoms with E-state index in [1.807, 2.05) is 48.5 Å². The molecular formula is C24H30N4O2S. The molecule has 0 unspecified atom stereocenters. The number of hydrogen-bond acceptors (Lipinski definition) is 5. The van der Waals surface area contributed by atoms with Crippen molar-refractivity contribution in [2.75, 3.05) is 13.7 Å². The smallest absolute Gasteiger partial charge is 0.251 e. The molecule has 0 saturated heterocycles. The fourth-order valence-corrected chi connectivity index (χ4v) is 4.09. The van der Waals surface area contributed by atoms with Gasteiger partial charge in [0.1, 0.15) is 11.6 Å². The summed E-state index contributed by atoms with van der Waals surface area (Å²) < 4.78 is 7.37. The molecular weight excluding hydrogens is 408 g/mol. The van der Waals surface area contributed by atoms with Crippen molar-refractivity contribution in [3.05, 3.63) is 65.5 Å². The molecule has 0 aliphatic heterocycles. The molecule has 7 heteroatoms. The minimum Gasteiger partial charge on any atom is -0.497 e. The van der Waals surface area contributed by atoms with E-state index >= 15 is 0 Å². The van der Waals surface area contributed by atoms with E-state index in [9.17, 15) is 4.79 Å². The van der Waals surface area contributed by atoms with Crippen LogP contribution in [0.25, 0.3) is 5.69 Å². The van der Waals surface area contributed by atoms with E-state index in [1.165, 1.54) is 0 Å². The van der Waals surface area contributed by atoms with Gasteiger partial charge in [-0.1, -0.05) is 57.7 Å². The third-order valence-electron chi connectivity index (χ3n) is 4.80. The first-order valence-electron chi connectivity index (χ1n) is 10.5. The number of nitrogens with zero attached hydrogens (tertiary/aromatic N) is 3. The second kappa shape index (κ2) is 10.5. The second-order valence-corrected chi connectivity index (χ2v) is 9.02. The molecule has 6 nitrogen and oxygen atoms in total. The molecule has 0 bridgehead atoms. The van der Waals surface area contributed by atoms with Crippen LogP contribution in [0, 0.1) is 5.92 Å². The molecule has 2 aromatic carbocycles. The summed E-state index contributed by atoms with van der Waals surface area (Å²) in [5.41, 5.74) is 2.67. The van der Waals surface area contributed by atoms with Gasteiger partial charge in [-0.2, -0.15) is 0 Å². The lowest BCUT2D eigenvalue weighted by Gasteiger charge is -2.14. The first kappa shape index (κ1) is 22.9. The summed E-state index contributed by atoms with van der Waals surface area (Å²) in [6.45, 7) is 9.03. The van der Waals surface area contributed by atoms with E-state index in [0.29, 0.717) is 23.8 Å². The Kier molecular flexibility index (Phi) is 7.74. The van der Waals surface area contributed by atoms with Gasteiger partial charge in [-0.05, 0) is 41.8 Å². The summed E-state index contributed by atoms with van der Waals surface area (Å²) in [7, 11) is 1.66. The summed E-state index contributed by atoms with van der Waals surface area (Å²) in [4.78, 5) is 12.7. The number of nitrogens with one attached hydrogen (secondary N) is 1. The lowest BCUT2D eigenvalue weighted by atomic mass is 10.1. The lowest BCUT2D eigenvalue weighted by molar-refractivity contribution is 0.0948. The van der Waals surface area contributed by atoms with Gasteiger partial charge in [0.15, 0.2) is 5.16 Å². The van der Waals surface area contributed by atoms with Crippen molar-refractivity contribution in [2.45, 2.75) is 44.5 Å². The molecule has 0 radical (unpaired) electrons. The number of methoxy groups -OCH3 is 1. The predicted octanol–water partition coefficient (Wildman–Crippen LogP) is 5.08. The van der Waals surface area contributed by atoms with Crippen molar-refractivity contribution in [3.63, 3.8) is 0 Å².